The van der Waals surface area contributed by atoms with E-state index in [1.807, 2.05) is 51.1 Å². The summed E-state index contributed by atoms with van der Waals surface area (Å²) in [6.07, 6.45) is 2.89. The summed E-state index contributed by atoms with van der Waals surface area (Å²) in [6.45, 7) is 6.92. The first-order valence-electron chi connectivity index (χ1n) is 11.2. The number of fused-ring (bicyclic) bond motifs is 1. The molecule has 0 saturated carbocycles. The van der Waals surface area contributed by atoms with Crippen LogP contribution in [0.3, 0.4) is 0 Å². The lowest BCUT2D eigenvalue weighted by Crippen LogP contribution is -2.35. The fourth-order valence-electron chi connectivity index (χ4n) is 4.00. The number of pyridine rings is 1. The molecule has 2 aromatic carbocycles. The van der Waals surface area contributed by atoms with Crippen LogP contribution >= 0.6 is 11.8 Å². The topological polar surface area (TPSA) is 79.4 Å². The van der Waals surface area contributed by atoms with Crippen LogP contribution in [-0.2, 0) is 14.8 Å². The minimum atomic E-state index is -3.50. The zero-order valence-electron chi connectivity index (χ0n) is 19.2. The summed E-state index contributed by atoms with van der Waals surface area (Å²) in [7, 11) is -3.50. The summed E-state index contributed by atoms with van der Waals surface area (Å²) in [6, 6.07) is 14.7. The molecule has 0 spiro atoms. The maximum Gasteiger partial charge on any atom is 0.243 e. The van der Waals surface area contributed by atoms with Gasteiger partial charge in [0.2, 0.25) is 15.9 Å². The van der Waals surface area contributed by atoms with Crippen LogP contribution in [0.4, 0.5) is 5.69 Å². The molecule has 0 radical (unpaired) electrons. The van der Waals surface area contributed by atoms with Gasteiger partial charge in [-0.3, -0.25) is 4.79 Å². The number of hydrogen-bond donors (Lipinski definition) is 1. The molecule has 1 fully saturated rings. The van der Waals surface area contributed by atoms with Crippen LogP contribution in [0.2, 0.25) is 0 Å². The molecule has 33 heavy (non-hydrogen) atoms. The van der Waals surface area contributed by atoms with Gasteiger partial charge in [-0.1, -0.05) is 36.4 Å². The predicted molar refractivity (Wildman–Crippen MR) is 134 cm³/mol. The van der Waals surface area contributed by atoms with Crippen molar-refractivity contribution >= 4 is 44.3 Å². The first kappa shape index (κ1) is 23.7. The average molecular weight is 484 g/mol. The highest BCUT2D eigenvalue weighted by Gasteiger charge is 2.26. The number of thioether (sulfide) groups is 1. The van der Waals surface area contributed by atoms with Crippen molar-refractivity contribution in [2.24, 2.45) is 0 Å². The number of benzene rings is 2. The van der Waals surface area contributed by atoms with E-state index >= 15 is 0 Å². The second kappa shape index (κ2) is 9.83. The van der Waals surface area contributed by atoms with E-state index in [4.69, 9.17) is 4.98 Å². The molecule has 0 unspecified atom stereocenters. The maximum absolute atomic E-state index is 13.1. The molecule has 1 saturated heterocycles. The summed E-state index contributed by atoms with van der Waals surface area (Å²) < 4.78 is 27.7. The number of para-hydroxylation sites is 1. The summed E-state index contributed by atoms with van der Waals surface area (Å²) in [4.78, 5) is 17.7. The zero-order valence-corrected chi connectivity index (χ0v) is 20.8. The Hall–Kier alpha value is -2.42. The van der Waals surface area contributed by atoms with E-state index in [-0.39, 0.29) is 11.2 Å². The number of hydrogen-bond acceptors (Lipinski definition) is 5. The van der Waals surface area contributed by atoms with Crippen molar-refractivity contribution in [3.8, 4) is 0 Å². The molecule has 0 aliphatic carbocycles. The Bertz CT molecular complexity index is 1290. The highest BCUT2D eigenvalue weighted by molar-refractivity contribution is 8.00. The van der Waals surface area contributed by atoms with Crippen molar-refractivity contribution in [2.75, 3.05) is 18.4 Å². The fourth-order valence-corrected chi connectivity index (χ4v) is 6.47. The molecule has 6 nitrogen and oxygen atoms in total. The third-order valence-corrected chi connectivity index (χ3v) is 8.90. The Kier molecular flexibility index (Phi) is 7.07. The quantitative estimate of drug-likeness (QED) is 0.491. The van der Waals surface area contributed by atoms with Crippen LogP contribution in [0.25, 0.3) is 10.9 Å². The monoisotopic (exact) mass is 483 g/mol. The van der Waals surface area contributed by atoms with E-state index < -0.39 is 10.0 Å². The van der Waals surface area contributed by atoms with Gasteiger partial charge in [-0.15, -0.1) is 0 Å². The van der Waals surface area contributed by atoms with Gasteiger partial charge in [0.25, 0.3) is 0 Å². The van der Waals surface area contributed by atoms with Crippen molar-refractivity contribution in [1.82, 2.24) is 9.29 Å². The lowest BCUT2D eigenvalue weighted by molar-refractivity contribution is -0.115. The second-order valence-corrected chi connectivity index (χ2v) is 11.8. The van der Waals surface area contributed by atoms with E-state index in [1.165, 1.54) is 11.8 Å². The van der Waals surface area contributed by atoms with Gasteiger partial charge in [0.1, 0.15) is 0 Å². The molecule has 0 bridgehead atoms. The fraction of sp³-hybridized carbons (Fsp3) is 0.360. The van der Waals surface area contributed by atoms with E-state index in [2.05, 4.69) is 5.32 Å². The standard InChI is InChI=1S/C25H29N3O3S2/c1-17-9-5-6-10-22(17)27-25(29)19(3)32-24-15-18(2)21-16-20(11-12-23(21)26-24)33(30,31)28-13-7-4-8-14-28/h5-6,9-12,15-16,19H,4,7-8,13-14H2,1-3H3,(H,27,29)/t19-/m1/s1. The molecule has 1 amide bonds. The van der Waals surface area contributed by atoms with Crippen molar-refractivity contribution in [2.45, 2.75) is 55.2 Å². The predicted octanol–water partition coefficient (Wildman–Crippen LogP) is 5.15. The largest absolute Gasteiger partial charge is 0.325 e. The van der Waals surface area contributed by atoms with E-state index in [9.17, 15) is 13.2 Å². The summed E-state index contributed by atoms with van der Waals surface area (Å²) in [5.74, 6) is -0.0863. The lowest BCUT2D eigenvalue weighted by atomic mass is 10.1. The number of aromatic nitrogens is 1. The number of piperidine rings is 1. The molecule has 1 aromatic heterocycles. The average Bonchev–Trinajstić information content (AvgIpc) is 2.81. The number of anilines is 1. The molecule has 1 N–H and O–H groups in total. The number of carbonyl (C=O) groups excluding carboxylic acids is 1. The summed E-state index contributed by atoms with van der Waals surface area (Å²) in [5.41, 5.74) is 3.48. The Morgan fingerprint density at radius 2 is 1.76 bits per heavy atom. The van der Waals surface area contributed by atoms with E-state index in [0.717, 1.165) is 52.0 Å². The minimum absolute atomic E-state index is 0.0863. The molecular weight excluding hydrogens is 454 g/mol. The normalized spacial score (nSPS) is 16.0. The highest BCUT2D eigenvalue weighted by Crippen LogP contribution is 2.30. The number of amides is 1. The maximum atomic E-state index is 13.1. The molecule has 4 rings (SSSR count). The van der Waals surface area contributed by atoms with Crippen molar-refractivity contribution in [3.63, 3.8) is 0 Å². The summed E-state index contributed by atoms with van der Waals surface area (Å²) >= 11 is 1.39. The molecule has 174 valence electrons. The van der Waals surface area contributed by atoms with Gasteiger partial charge in [0, 0.05) is 24.2 Å². The smallest absolute Gasteiger partial charge is 0.243 e. The number of aryl methyl sites for hydroxylation is 2. The minimum Gasteiger partial charge on any atom is -0.325 e. The van der Waals surface area contributed by atoms with Crippen LogP contribution in [0, 0.1) is 13.8 Å². The number of rotatable bonds is 6. The molecule has 8 heteroatoms. The van der Waals surface area contributed by atoms with Crippen molar-refractivity contribution < 1.29 is 13.2 Å². The number of nitrogens with zero attached hydrogens (tertiary/aromatic N) is 2. The number of sulfonamides is 1. The van der Waals surface area contributed by atoms with E-state index in [0.29, 0.717) is 18.0 Å². The van der Waals surface area contributed by atoms with Gasteiger partial charge in [0.05, 0.1) is 20.7 Å². The first-order chi connectivity index (χ1) is 15.8. The third kappa shape index (κ3) is 5.23. The molecule has 1 aliphatic rings. The molecule has 1 aliphatic heterocycles. The Labute approximate surface area is 199 Å². The first-order valence-corrected chi connectivity index (χ1v) is 13.5. The summed E-state index contributed by atoms with van der Waals surface area (Å²) in [5, 5.41) is 4.19. The number of nitrogens with one attached hydrogen (secondary N) is 1. The van der Waals surface area contributed by atoms with Gasteiger partial charge in [0.15, 0.2) is 0 Å². The van der Waals surface area contributed by atoms with Crippen LogP contribution in [0.5, 0.6) is 0 Å². The second-order valence-electron chi connectivity index (χ2n) is 8.49. The molecule has 2 heterocycles. The van der Waals surface area contributed by atoms with Gasteiger partial charge in [-0.05, 0) is 75.1 Å². The van der Waals surface area contributed by atoms with Gasteiger partial charge < -0.3 is 5.32 Å². The Balaban J connectivity index is 1.53. The molecular formula is C25H29N3O3S2. The number of carbonyl (C=O) groups is 1. The molecule has 1 atom stereocenters. The van der Waals surface area contributed by atoms with Crippen LogP contribution in [0.1, 0.15) is 37.3 Å². The lowest BCUT2D eigenvalue weighted by Gasteiger charge is -2.26. The van der Waals surface area contributed by atoms with Gasteiger partial charge >= 0.3 is 0 Å². The van der Waals surface area contributed by atoms with Crippen LogP contribution in [-0.4, -0.2) is 42.0 Å². The van der Waals surface area contributed by atoms with Crippen LogP contribution < -0.4 is 5.32 Å². The van der Waals surface area contributed by atoms with Crippen LogP contribution in [0.15, 0.2) is 58.5 Å². The van der Waals surface area contributed by atoms with Gasteiger partial charge in [-0.25, -0.2) is 13.4 Å². The Morgan fingerprint density at radius 1 is 1.03 bits per heavy atom. The third-order valence-electron chi connectivity index (χ3n) is 5.99. The van der Waals surface area contributed by atoms with E-state index in [1.54, 1.807) is 22.5 Å². The van der Waals surface area contributed by atoms with Crippen molar-refractivity contribution in [3.05, 3.63) is 59.7 Å². The SMILES string of the molecule is Cc1ccccc1NC(=O)[C@@H](C)Sc1cc(C)c2cc(S(=O)(=O)N3CCCCC3)ccc2n1. The highest BCUT2D eigenvalue weighted by atomic mass is 32.2. The molecule has 3 aromatic rings. The Morgan fingerprint density at radius 3 is 2.48 bits per heavy atom. The van der Waals surface area contributed by atoms with Gasteiger partial charge in [-0.2, -0.15) is 4.31 Å². The zero-order chi connectivity index (χ0) is 23.6. The van der Waals surface area contributed by atoms with Crippen molar-refractivity contribution in [1.29, 1.82) is 0 Å².